The summed E-state index contributed by atoms with van der Waals surface area (Å²) >= 11 is 0. The molecular formula is C12H24N2O. The molecular weight excluding hydrogens is 188 g/mol. The van der Waals surface area contributed by atoms with Gasteiger partial charge >= 0.3 is 0 Å². The number of ether oxygens (including phenoxy) is 1. The topological polar surface area (TPSA) is 38.5 Å². The minimum Gasteiger partial charge on any atom is -0.370 e. The van der Waals surface area contributed by atoms with Crippen molar-refractivity contribution in [3.05, 3.63) is 0 Å². The third-order valence-corrected chi connectivity index (χ3v) is 3.74. The normalized spacial score (nSPS) is 41.2. The average Bonchev–Trinajstić information content (AvgIpc) is 1.97. The molecule has 1 saturated heterocycles. The number of rotatable bonds is 2. The highest BCUT2D eigenvalue weighted by Crippen LogP contribution is 2.34. The predicted octanol–water partition coefficient (Wildman–Crippen LogP) is 1.22. The van der Waals surface area contributed by atoms with E-state index in [4.69, 9.17) is 10.5 Å². The van der Waals surface area contributed by atoms with Crippen molar-refractivity contribution in [3.8, 4) is 0 Å². The third kappa shape index (κ3) is 2.35. The second kappa shape index (κ2) is 4.04. The first kappa shape index (κ1) is 11.4. The second-order valence-electron chi connectivity index (χ2n) is 5.76. The lowest BCUT2D eigenvalue weighted by molar-refractivity contribution is -0.150. The Morgan fingerprint density at radius 2 is 2.13 bits per heavy atom. The van der Waals surface area contributed by atoms with Crippen LogP contribution in [0.3, 0.4) is 0 Å². The van der Waals surface area contributed by atoms with Gasteiger partial charge in [-0.3, -0.25) is 4.90 Å². The molecule has 0 spiro atoms. The highest BCUT2D eigenvalue weighted by Gasteiger charge is 2.40. The Hall–Kier alpha value is -0.120. The lowest BCUT2D eigenvalue weighted by Crippen LogP contribution is -2.60. The van der Waals surface area contributed by atoms with Crippen LogP contribution in [-0.2, 0) is 4.74 Å². The Balaban J connectivity index is 1.97. The quantitative estimate of drug-likeness (QED) is 0.748. The van der Waals surface area contributed by atoms with Gasteiger partial charge in [0.2, 0.25) is 0 Å². The maximum absolute atomic E-state index is 5.92. The molecule has 15 heavy (non-hydrogen) atoms. The van der Waals surface area contributed by atoms with E-state index in [-0.39, 0.29) is 5.60 Å². The van der Waals surface area contributed by atoms with Gasteiger partial charge < -0.3 is 10.5 Å². The van der Waals surface area contributed by atoms with Crippen LogP contribution in [0.1, 0.15) is 33.6 Å². The molecule has 1 aliphatic heterocycles. The summed E-state index contributed by atoms with van der Waals surface area (Å²) in [6.45, 7) is 9.52. The summed E-state index contributed by atoms with van der Waals surface area (Å²) < 4.78 is 5.92. The molecule has 3 atom stereocenters. The molecule has 0 amide bonds. The smallest absolute Gasteiger partial charge is 0.0757 e. The van der Waals surface area contributed by atoms with E-state index < -0.39 is 0 Å². The zero-order chi connectivity index (χ0) is 11.1. The molecule has 1 aliphatic carbocycles. The van der Waals surface area contributed by atoms with Gasteiger partial charge in [0.05, 0.1) is 11.7 Å². The van der Waals surface area contributed by atoms with E-state index in [1.54, 1.807) is 0 Å². The van der Waals surface area contributed by atoms with E-state index in [1.807, 2.05) is 0 Å². The van der Waals surface area contributed by atoms with Crippen LogP contribution in [-0.4, -0.2) is 42.3 Å². The molecule has 2 N–H and O–H groups in total. The van der Waals surface area contributed by atoms with Crippen LogP contribution in [0.5, 0.6) is 0 Å². The fourth-order valence-corrected chi connectivity index (χ4v) is 3.06. The minimum absolute atomic E-state index is 0.00635. The zero-order valence-corrected chi connectivity index (χ0v) is 10.2. The van der Waals surface area contributed by atoms with Gasteiger partial charge in [0, 0.05) is 19.1 Å². The fourth-order valence-electron chi connectivity index (χ4n) is 3.06. The van der Waals surface area contributed by atoms with Crippen LogP contribution in [0.15, 0.2) is 0 Å². The molecule has 3 heteroatoms. The Morgan fingerprint density at radius 1 is 1.40 bits per heavy atom. The van der Waals surface area contributed by atoms with E-state index >= 15 is 0 Å². The molecule has 0 aromatic heterocycles. The second-order valence-corrected chi connectivity index (χ2v) is 5.76. The SMILES string of the molecule is CC1CN(C2CCC2CN)CC(C)(C)O1. The molecule has 0 aromatic carbocycles. The van der Waals surface area contributed by atoms with Crippen molar-refractivity contribution in [1.29, 1.82) is 0 Å². The van der Waals surface area contributed by atoms with Crippen molar-refractivity contribution in [2.24, 2.45) is 11.7 Å². The summed E-state index contributed by atoms with van der Waals surface area (Å²) in [6.07, 6.45) is 2.99. The highest BCUT2D eigenvalue weighted by molar-refractivity contribution is 4.94. The molecule has 0 radical (unpaired) electrons. The summed E-state index contributed by atoms with van der Waals surface area (Å²) in [5, 5.41) is 0. The van der Waals surface area contributed by atoms with E-state index in [9.17, 15) is 0 Å². The van der Waals surface area contributed by atoms with Gasteiger partial charge in [-0.25, -0.2) is 0 Å². The molecule has 1 saturated carbocycles. The van der Waals surface area contributed by atoms with Gasteiger partial charge in [0.1, 0.15) is 0 Å². The number of nitrogens with zero attached hydrogens (tertiary/aromatic N) is 1. The predicted molar refractivity (Wildman–Crippen MR) is 61.8 cm³/mol. The van der Waals surface area contributed by atoms with E-state index in [1.165, 1.54) is 12.8 Å². The average molecular weight is 212 g/mol. The minimum atomic E-state index is 0.00635. The zero-order valence-electron chi connectivity index (χ0n) is 10.2. The lowest BCUT2D eigenvalue weighted by atomic mass is 9.77. The van der Waals surface area contributed by atoms with Gasteiger partial charge in [0.25, 0.3) is 0 Å². The summed E-state index contributed by atoms with van der Waals surface area (Å²) in [7, 11) is 0. The molecule has 0 bridgehead atoms. The van der Waals surface area contributed by atoms with Crippen LogP contribution in [0.2, 0.25) is 0 Å². The van der Waals surface area contributed by atoms with E-state index in [0.29, 0.717) is 6.10 Å². The molecule has 0 aromatic rings. The highest BCUT2D eigenvalue weighted by atomic mass is 16.5. The molecule has 3 unspecified atom stereocenters. The number of morpholine rings is 1. The van der Waals surface area contributed by atoms with Gasteiger partial charge in [-0.05, 0) is 46.1 Å². The first-order valence-electron chi connectivity index (χ1n) is 6.14. The summed E-state index contributed by atoms with van der Waals surface area (Å²) in [6, 6.07) is 0.723. The molecule has 2 rings (SSSR count). The molecule has 88 valence electrons. The van der Waals surface area contributed by atoms with Gasteiger partial charge in [-0.15, -0.1) is 0 Å². The Labute approximate surface area is 93.0 Å². The standard InChI is InChI=1S/C12H24N2O/c1-9-7-14(8-12(2,3)15-9)11-5-4-10(11)6-13/h9-11H,4-8,13H2,1-3H3. The largest absolute Gasteiger partial charge is 0.370 e. The van der Waals surface area contributed by atoms with Crippen LogP contribution in [0.25, 0.3) is 0 Å². The number of hydrogen-bond acceptors (Lipinski definition) is 3. The number of hydrogen-bond donors (Lipinski definition) is 1. The maximum Gasteiger partial charge on any atom is 0.0757 e. The number of nitrogens with two attached hydrogens (primary N) is 1. The maximum atomic E-state index is 5.92. The van der Waals surface area contributed by atoms with Crippen molar-refractivity contribution in [1.82, 2.24) is 4.90 Å². The van der Waals surface area contributed by atoms with Gasteiger partial charge in [-0.1, -0.05) is 0 Å². The summed E-state index contributed by atoms with van der Waals surface area (Å²) in [5.74, 6) is 0.728. The van der Waals surface area contributed by atoms with Crippen molar-refractivity contribution in [2.75, 3.05) is 19.6 Å². The van der Waals surface area contributed by atoms with Crippen LogP contribution >= 0.6 is 0 Å². The fraction of sp³-hybridized carbons (Fsp3) is 1.00. The summed E-state index contributed by atoms with van der Waals surface area (Å²) in [5.41, 5.74) is 5.78. The van der Waals surface area contributed by atoms with Crippen LogP contribution in [0, 0.1) is 5.92 Å². The van der Waals surface area contributed by atoms with Crippen molar-refractivity contribution >= 4 is 0 Å². The third-order valence-electron chi connectivity index (χ3n) is 3.74. The Kier molecular flexibility index (Phi) is 3.06. The first-order chi connectivity index (χ1) is 7.02. The Morgan fingerprint density at radius 3 is 2.60 bits per heavy atom. The van der Waals surface area contributed by atoms with Gasteiger partial charge in [0.15, 0.2) is 0 Å². The van der Waals surface area contributed by atoms with Crippen LogP contribution in [0.4, 0.5) is 0 Å². The molecule has 1 heterocycles. The molecule has 2 aliphatic rings. The monoisotopic (exact) mass is 212 g/mol. The first-order valence-corrected chi connectivity index (χ1v) is 6.14. The van der Waals surface area contributed by atoms with E-state index in [2.05, 4.69) is 25.7 Å². The summed E-state index contributed by atoms with van der Waals surface area (Å²) in [4.78, 5) is 2.59. The van der Waals surface area contributed by atoms with E-state index in [0.717, 1.165) is 31.6 Å². The Bertz CT molecular complexity index is 228. The lowest BCUT2D eigenvalue weighted by Gasteiger charge is -2.51. The molecule has 2 fully saturated rings. The van der Waals surface area contributed by atoms with Crippen molar-refractivity contribution in [3.63, 3.8) is 0 Å². The molecule has 3 nitrogen and oxygen atoms in total. The van der Waals surface area contributed by atoms with Crippen molar-refractivity contribution in [2.45, 2.75) is 51.4 Å². The van der Waals surface area contributed by atoms with Crippen LogP contribution < -0.4 is 5.73 Å². The van der Waals surface area contributed by atoms with Gasteiger partial charge in [-0.2, -0.15) is 0 Å². The van der Waals surface area contributed by atoms with Crippen molar-refractivity contribution < 1.29 is 4.74 Å².